The summed E-state index contributed by atoms with van der Waals surface area (Å²) in [4.78, 5) is 13.9. The van der Waals surface area contributed by atoms with E-state index < -0.39 is 12.4 Å². The molecular weight excluding hydrogens is 506 g/mol. The Morgan fingerprint density at radius 3 is 2.25 bits per heavy atom. The van der Waals surface area contributed by atoms with Crippen molar-refractivity contribution in [3.05, 3.63) is 107 Å². The van der Waals surface area contributed by atoms with Crippen molar-refractivity contribution in [1.29, 1.82) is 0 Å². The zero-order chi connectivity index (χ0) is 28.5. The van der Waals surface area contributed by atoms with Gasteiger partial charge < -0.3 is 30.3 Å². The van der Waals surface area contributed by atoms with Gasteiger partial charge in [-0.15, -0.1) is 0 Å². The molecule has 2 amide bonds. The summed E-state index contributed by atoms with van der Waals surface area (Å²) < 4.78 is 12.9. The number of ether oxygens (including phenoxy) is 2. The number of likely N-dealkylation sites (N-methyl/N-ethyl adjacent to an activating group) is 1. The van der Waals surface area contributed by atoms with Gasteiger partial charge in [0, 0.05) is 37.7 Å². The highest BCUT2D eigenvalue weighted by Gasteiger charge is 2.34. The molecule has 0 unspecified atom stereocenters. The molecule has 1 heterocycles. The van der Waals surface area contributed by atoms with Crippen molar-refractivity contribution in [1.82, 2.24) is 15.5 Å². The number of aliphatic hydroxyl groups is 2. The molecule has 5 atom stereocenters. The van der Waals surface area contributed by atoms with Gasteiger partial charge in [-0.05, 0) is 43.1 Å². The molecule has 0 radical (unpaired) electrons. The van der Waals surface area contributed by atoms with Gasteiger partial charge in [-0.2, -0.15) is 0 Å². The Labute approximate surface area is 236 Å². The molecule has 1 aliphatic rings. The Hall–Kier alpha value is -3.27. The third kappa shape index (κ3) is 7.90. The number of carbonyl (C=O) groups excluding carboxylic acids is 1. The molecule has 3 aromatic carbocycles. The van der Waals surface area contributed by atoms with E-state index in [1.165, 1.54) is 0 Å². The number of urea groups is 1. The van der Waals surface area contributed by atoms with Gasteiger partial charge in [0.1, 0.15) is 0 Å². The Morgan fingerprint density at radius 1 is 0.950 bits per heavy atom. The largest absolute Gasteiger partial charge is 0.392 e. The first-order valence-corrected chi connectivity index (χ1v) is 13.9. The smallest absolute Gasteiger partial charge is 0.315 e. The normalized spacial score (nSPS) is 20.6. The van der Waals surface area contributed by atoms with Crippen LogP contribution in [0.5, 0.6) is 0 Å². The second kappa shape index (κ2) is 14.4. The average molecular weight is 548 g/mol. The molecule has 1 saturated heterocycles. The van der Waals surface area contributed by atoms with E-state index in [2.05, 4.69) is 15.5 Å². The van der Waals surface area contributed by atoms with Crippen LogP contribution in [-0.2, 0) is 22.6 Å². The van der Waals surface area contributed by atoms with Gasteiger partial charge in [0.05, 0.1) is 24.9 Å². The highest BCUT2D eigenvalue weighted by molar-refractivity contribution is 5.73. The third-order valence-corrected chi connectivity index (χ3v) is 7.44. The lowest BCUT2D eigenvalue weighted by Crippen LogP contribution is -2.43. The van der Waals surface area contributed by atoms with Crippen molar-refractivity contribution in [3.8, 4) is 0 Å². The number of benzene rings is 3. The van der Waals surface area contributed by atoms with Crippen molar-refractivity contribution in [2.24, 2.45) is 0 Å². The quantitative estimate of drug-likeness (QED) is 0.280. The van der Waals surface area contributed by atoms with Crippen molar-refractivity contribution < 1.29 is 24.5 Å². The molecule has 40 heavy (non-hydrogen) atoms. The van der Waals surface area contributed by atoms with Gasteiger partial charge in [0.15, 0.2) is 6.29 Å². The molecule has 0 bridgehead atoms. The van der Waals surface area contributed by atoms with Crippen molar-refractivity contribution in [3.63, 3.8) is 0 Å². The molecule has 8 heteroatoms. The van der Waals surface area contributed by atoms with E-state index in [0.29, 0.717) is 26.1 Å². The summed E-state index contributed by atoms with van der Waals surface area (Å²) in [5, 5.41) is 26.0. The highest BCUT2D eigenvalue weighted by atomic mass is 16.7. The van der Waals surface area contributed by atoms with Crippen LogP contribution in [0.25, 0.3) is 0 Å². The number of hydrogen-bond donors (Lipinski definition) is 4. The van der Waals surface area contributed by atoms with Crippen LogP contribution in [-0.4, -0.2) is 53.4 Å². The fourth-order valence-corrected chi connectivity index (χ4v) is 4.89. The molecule has 214 valence electrons. The van der Waals surface area contributed by atoms with Crippen molar-refractivity contribution in [2.75, 3.05) is 20.1 Å². The van der Waals surface area contributed by atoms with Crippen LogP contribution < -0.4 is 10.6 Å². The van der Waals surface area contributed by atoms with E-state index in [0.717, 1.165) is 27.8 Å². The molecule has 8 nitrogen and oxygen atoms in total. The van der Waals surface area contributed by atoms with Crippen molar-refractivity contribution >= 4 is 6.03 Å². The Kier molecular flexibility index (Phi) is 10.7. The number of amides is 2. The van der Waals surface area contributed by atoms with E-state index in [9.17, 15) is 15.0 Å². The van der Waals surface area contributed by atoms with Crippen LogP contribution in [0.1, 0.15) is 66.6 Å². The molecule has 0 spiro atoms. The summed E-state index contributed by atoms with van der Waals surface area (Å²) in [6.07, 6.45) is -0.880. The Balaban J connectivity index is 1.48. The molecule has 0 aliphatic carbocycles. The third-order valence-electron chi connectivity index (χ3n) is 7.44. The Bertz CT molecular complexity index is 1190. The highest BCUT2D eigenvalue weighted by Crippen LogP contribution is 2.38. The van der Waals surface area contributed by atoms with Crippen LogP contribution in [0.3, 0.4) is 0 Å². The van der Waals surface area contributed by atoms with Crippen LogP contribution in [0.4, 0.5) is 4.79 Å². The summed E-state index contributed by atoms with van der Waals surface area (Å²) in [5.74, 6) is 0. The number of nitrogens with zero attached hydrogens (tertiary/aromatic N) is 1. The first kappa shape index (κ1) is 29.7. The van der Waals surface area contributed by atoms with Crippen molar-refractivity contribution in [2.45, 2.75) is 64.1 Å². The molecule has 0 aromatic heterocycles. The number of aliphatic hydroxyl groups excluding tert-OH is 2. The standard InChI is InChI=1S/C32H41N3O5/c1-4-33-32(38)34-19-23-10-16-27(17-11-23)31-39-28(18-29(40-31)25-14-12-24(21-36)13-15-25)20-35(3)22(2)30(37)26-8-6-5-7-9-26/h5-17,22,28-31,36-37H,4,18-21H2,1-3H3,(H2,33,34,38)/t22-,28-,29+,30-,31+/m1/s1. The lowest BCUT2D eigenvalue weighted by atomic mass is 9.98. The molecule has 1 aliphatic heterocycles. The number of nitrogens with one attached hydrogen (secondary N) is 2. The maximum atomic E-state index is 11.7. The van der Waals surface area contributed by atoms with Crippen LogP contribution in [0, 0.1) is 0 Å². The zero-order valence-corrected chi connectivity index (χ0v) is 23.5. The molecule has 4 rings (SSSR count). The summed E-state index contributed by atoms with van der Waals surface area (Å²) in [6, 6.07) is 25.1. The molecular formula is C32H41N3O5. The maximum Gasteiger partial charge on any atom is 0.315 e. The summed E-state index contributed by atoms with van der Waals surface area (Å²) in [5.41, 5.74) is 4.63. The fraction of sp³-hybridized carbons (Fsp3) is 0.406. The monoisotopic (exact) mass is 547 g/mol. The summed E-state index contributed by atoms with van der Waals surface area (Å²) in [6.45, 7) is 5.51. The second-order valence-electron chi connectivity index (χ2n) is 10.3. The predicted molar refractivity (Wildman–Crippen MR) is 154 cm³/mol. The second-order valence-corrected chi connectivity index (χ2v) is 10.3. The first-order chi connectivity index (χ1) is 19.4. The van der Waals surface area contributed by atoms with Crippen LogP contribution in [0.2, 0.25) is 0 Å². The van der Waals surface area contributed by atoms with E-state index in [1.807, 2.05) is 99.8 Å². The lowest BCUT2D eigenvalue weighted by molar-refractivity contribution is -0.253. The zero-order valence-electron chi connectivity index (χ0n) is 23.5. The summed E-state index contributed by atoms with van der Waals surface area (Å²) >= 11 is 0. The molecule has 4 N–H and O–H groups in total. The SMILES string of the molecule is CCNC(=O)NCc1ccc([C@H]2O[C@@H](CN(C)[C@H](C)[C@@H](O)c3ccccc3)C[C@@H](c3ccc(CO)cc3)O2)cc1. The predicted octanol–water partition coefficient (Wildman–Crippen LogP) is 4.60. The first-order valence-electron chi connectivity index (χ1n) is 13.9. The molecule has 1 fully saturated rings. The topological polar surface area (TPSA) is 103 Å². The fourth-order valence-electron chi connectivity index (χ4n) is 4.89. The van der Waals surface area contributed by atoms with Gasteiger partial charge in [-0.25, -0.2) is 4.79 Å². The van der Waals surface area contributed by atoms with E-state index in [1.54, 1.807) is 0 Å². The van der Waals surface area contributed by atoms with Gasteiger partial charge in [0.2, 0.25) is 0 Å². The minimum absolute atomic E-state index is 0.00605. The summed E-state index contributed by atoms with van der Waals surface area (Å²) in [7, 11) is 2.01. The molecule has 3 aromatic rings. The molecule has 0 saturated carbocycles. The number of hydrogen-bond acceptors (Lipinski definition) is 6. The minimum Gasteiger partial charge on any atom is -0.392 e. The van der Waals surface area contributed by atoms with E-state index in [4.69, 9.17) is 9.47 Å². The van der Waals surface area contributed by atoms with E-state index >= 15 is 0 Å². The Morgan fingerprint density at radius 2 is 1.60 bits per heavy atom. The van der Waals surface area contributed by atoms with Gasteiger partial charge in [-0.1, -0.05) is 78.9 Å². The average Bonchev–Trinajstić information content (AvgIpc) is 3.00. The van der Waals surface area contributed by atoms with Crippen LogP contribution in [0.15, 0.2) is 78.9 Å². The van der Waals surface area contributed by atoms with Crippen LogP contribution >= 0.6 is 0 Å². The van der Waals surface area contributed by atoms with E-state index in [-0.39, 0.29) is 30.9 Å². The lowest BCUT2D eigenvalue weighted by Gasteiger charge is -2.39. The van der Waals surface area contributed by atoms with Gasteiger partial charge >= 0.3 is 6.03 Å². The minimum atomic E-state index is -0.621. The maximum absolute atomic E-state index is 11.7. The van der Waals surface area contributed by atoms with Gasteiger partial charge in [-0.3, -0.25) is 4.90 Å². The number of rotatable bonds is 11. The number of carbonyl (C=O) groups is 1. The van der Waals surface area contributed by atoms with Gasteiger partial charge in [0.25, 0.3) is 0 Å².